The predicted molar refractivity (Wildman–Crippen MR) is 90.8 cm³/mol. The second-order valence-corrected chi connectivity index (χ2v) is 5.23. The fourth-order valence-electron chi connectivity index (χ4n) is 2.17. The Morgan fingerprint density at radius 2 is 1.88 bits per heavy atom. The minimum atomic E-state index is -0.299. The first-order valence-corrected chi connectivity index (χ1v) is 7.51. The van der Waals surface area contributed by atoms with Crippen molar-refractivity contribution in [2.24, 2.45) is 0 Å². The van der Waals surface area contributed by atoms with Crippen LogP contribution in [0.1, 0.15) is 11.1 Å². The van der Waals surface area contributed by atoms with Gasteiger partial charge in [-0.2, -0.15) is 5.10 Å². The summed E-state index contributed by atoms with van der Waals surface area (Å²) in [7, 11) is 0. The maximum Gasteiger partial charge on any atom is 0.244 e. The van der Waals surface area contributed by atoms with Gasteiger partial charge in [0.15, 0.2) is 0 Å². The van der Waals surface area contributed by atoms with Gasteiger partial charge in [0.05, 0.1) is 11.9 Å². The van der Waals surface area contributed by atoms with Crippen molar-refractivity contribution in [3.05, 3.63) is 90.0 Å². The van der Waals surface area contributed by atoms with Crippen molar-refractivity contribution in [2.75, 3.05) is 0 Å². The number of aromatic nitrogens is 2. The molecule has 0 spiro atoms. The van der Waals surface area contributed by atoms with Crippen LogP contribution in [0.3, 0.4) is 0 Å². The fraction of sp³-hybridized carbons (Fsp3) is 0.0526. The van der Waals surface area contributed by atoms with Crippen molar-refractivity contribution in [1.82, 2.24) is 15.1 Å². The van der Waals surface area contributed by atoms with Crippen LogP contribution < -0.4 is 5.32 Å². The molecule has 0 saturated heterocycles. The average Bonchev–Trinajstić information content (AvgIpc) is 3.09. The Labute approximate surface area is 139 Å². The Hall–Kier alpha value is -3.21. The third-order valence-corrected chi connectivity index (χ3v) is 3.42. The molecule has 0 aliphatic carbocycles. The molecular weight excluding hydrogens is 305 g/mol. The molecule has 0 atom stereocenters. The topological polar surface area (TPSA) is 46.9 Å². The Bertz CT molecular complexity index is 839. The summed E-state index contributed by atoms with van der Waals surface area (Å²) >= 11 is 0. The van der Waals surface area contributed by atoms with E-state index in [0.29, 0.717) is 6.54 Å². The highest BCUT2D eigenvalue weighted by atomic mass is 19.1. The Morgan fingerprint density at radius 1 is 1.12 bits per heavy atom. The third-order valence-electron chi connectivity index (χ3n) is 3.42. The second-order valence-electron chi connectivity index (χ2n) is 5.23. The van der Waals surface area contributed by atoms with E-state index in [1.165, 1.54) is 18.2 Å². The summed E-state index contributed by atoms with van der Waals surface area (Å²) in [5, 5.41) is 7.07. The number of hydrogen-bond donors (Lipinski definition) is 1. The quantitative estimate of drug-likeness (QED) is 0.733. The van der Waals surface area contributed by atoms with Crippen LogP contribution in [-0.2, 0) is 11.3 Å². The first-order chi connectivity index (χ1) is 11.7. The van der Waals surface area contributed by atoms with E-state index < -0.39 is 0 Å². The standard InChI is InChI=1S/C19H16FN3O/c20-17-9-6-15(7-10-17)8-11-19(24)21-12-16-13-22-23(14-16)18-4-2-1-3-5-18/h1-11,13-14H,12H2,(H,21,24)/b11-8+. The molecule has 120 valence electrons. The van der Waals surface area contributed by atoms with Crippen LogP contribution >= 0.6 is 0 Å². The van der Waals surface area contributed by atoms with Crippen molar-refractivity contribution >= 4 is 12.0 Å². The largest absolute Gasteiger partial charge is 0.348 e. The van der Waals surface area contributed by atoms with Crippen LogP contribution in [-0.4, -0.2) is 15.7 Å². The molecule has 4 nitrogen and oxygen atoms in total. The van der Waals surface area contributed by atoms with Gasteiger partial charge in [-0.15, -0.1) is 0 Å². The summed E-state index contributed by atoms with van der Waals surface area (Å²) in [6, 6.07) is 15.7. The molecule has 1 amide bonds. The highest BCUT2D eigenvalue weighted by Gasteiger charge is 2.02. The van der Waals surface area contributed by atoms with E-state index >= 15 is 0 Å². The molecule has 1 aromatic heterocycles. The smallest absolute Gasteiger partial charge is 0.244 e. The van der Waals surface area contributed by atoms with E-state index in [-0.39, 0.29) is 11.7 Å². The number of carbonyl (C=O) groups is 1. The van der Waals surface area contributed by atoms with Crippen molar-refractivity contribution in [1.29, 1.82) is 0 Å². The molecule has 3 rings (SSSR count). The number of carbonyl (C=O) groups excluding carboxylic acids is 1. The molecule has 0 fully saturated rings. The number of benzene rings is 2. The summed E-state index contributed by atoms with van der Waals surface area (Å²) in [4.78, 5) is 11.8. The second kappa shape index (κ2) is 7.37. The van der Waals surface area contributed by atoms with Gasteiger partial charge in [-0.3, -0.25) is 4.79 Å². The van der Waals surface area contributed by atoms with Crippen LogP contribution in [0.4, 0.5) is 4.39 Å². The van der Waals surface area contributed by atoms with Crippen LogP contribution in [0.5, 0.6) is 0 Å². The minimum absolute atomic E-state index is 0.216. The SMILES string of the molecule is O=C(/C=C/c1ccc(F)cc1)NCc1cnn(-c2ccccc2)c1. The van der Waals surface area contributed by atoms with Crippen LogP contribution in [0.2, 0.25) is 0 Å². The molecule has 0 aliphatic heterocycles. The van der Waals surface area contributed by atoms with Gasteiger partial charge in [-0.1, -0.05) is 30.3 Å². The maximum atomic E-state index is 12.8. The van der Waals surface area contributed by atoms with E-state index in [2.05, 4.69) is 10.4 Å². The maximum absolute atomic E-state index is 12.8. The van der Waals surface area contributed by atoms with Gasteiger partial charge in [-0.05, 0) is 35.9 Å². The minimum Gasteiger partial charge on any atom is -0.348 e. The zero-order chi connectivity index (χ0) is 16.8. The van der Waals surface area contributed by atoms with E-state index in [4.69, 9.17) is 0 Å². The third kappa shape index (κ3) is 4.16. The van der Waals surface area contributed by atoms with Gasteiger partial charge >= 0.3 is 0 Å². The molecule has 24 heavy (non-hydrogen) atoms. The Morgan fingerprint density at radius 3 is 2.62 bits per heavy atom. The molecule has 1 heterocycles. The normalized spacial score (nSPS) is 10.9. The summed E-state index contributed by atoms with van der Waals surface area (Å²) in [6.45, 7) is 0.388. The van der Waals surface area contributed by atoms with Gasteiger partial charge < -0.3 is 5.32 Å². The van der Waals surface area contributed by atoms with Crippen molar-refractivity contribution in [3.63, 3.8) is 0 Å². The Kier molecular flexibility index (Phi) is 4.81. The molecule has 5 heteroatoms. The predicted octanol–water partition coefficient (Wildman–Crippen LogP) is 3.34. The highest BCUT2D eigenvalue weighted by molar-refractivity contribution is 5.91. The number of para-hydroxylation sites is 1. The molecule has 1 N–H and O–H groups in total. The number of amides is 1. The lowest BCUT2D eigenvalue weighted by molar-refractivity contribution is -0.116. The summed E-state index contributed by atoms with van der Waals surface area (Å²) in [6.07, 6.45) is 6.66. The van der Waals surface area contributed by atoms with E-state index in [0.717, 1.165) is 16.8 Å². The first kappa shape index (κ1) is 15.7. The van der Waals surface area contributed by atoms with Gasteiger partial charge in [-0.25, -0.2) is 9.07 Å². The molecule has 2 aromatic carbocycles. The fourth-order valence-corrected chi connectivity index (χ4v) is 2.17. The monoisotopic (exact) mass is 321 g/mol. The summed E-state index contributed by atoms with van der Waals surface area (Å²) in [5.74, 6) is -0.515. The molecule has 0 unspecified atom stereocenters. The van der Waals surface area contributed by atoms with Crippen molar-refractivity contribution < 1.29 is 9.18 Å². The zero-order valence-corrected chi connectivity index (χ0v) is 12.9. The van der Waals surface area contributed by atoms with Gasteiger partial charge in [0.2, 0.25) is 5.91 Å². The molecule has 0 saturated carbocycles. The lowest BCUT2D eigenvalue weighted by Crippen LogP contribution is -2.19. The number of rotatable bonds is 5. The summed E-state index contributed by atoms with van der Waals surface area (Å²) < 4.78 is 14.6. The van der Waals surface area contributed by atoms with Crippen molar-refractivity contribution in [3.8, 4) is 5.69 Å². The van der Waals surface area contributed by atoms with Crippen LogP contribution in [0, 0.1) is 5.82 Å². The number of nitrogens with one attached hydrogen (secondary N) is 1. The number of halogens is 1. The van der Waals surface area contributed by atoms with Crippen LogP contribution in [0.15, 0.2) is 73.1 Å². The number of nitrogens with zero attached hydrogens (tertiary/aromatic N) is 2. The Balaban J connectivity index is 1.55. The zero-order valence-electron chi connectivity index (χ0n) is 12.9. The molecule has 3 aromatic rings. The molecule has 0 aliphatic rings. The van der Waals surface area contributed by atoms with Crippen molar-refractivity contribution in [2.45, 2.75) is 6.54 Å². The number of hydrogen-bond acceptors (Lipinski definition) is 2. The van der Waals surface area contributed by atoms with Gasteiger partial charge in [0, 0.05) is 24.4 Å². The van der Waals surface area contributed by atoms with Crippen LogP contribution in [0.25, 0.3) is 11.8 Å². The lowest BCUT2D eigenvalue weighted by Gasteiger charge is -2.00. The van der Waals surface area contributed by atoms with Gasteiger partial charge in [0.25, 0.3) is 0 Å². The van der Waals surface area contributed by atoms with E-state index in [1.54, 1.807) is 29.1 Å². The molecule has 0 bridgehead atoms. The molecule has 0 radical (unpaired) electrons. The molecular formula is C19H16FN3O. The summed E-state index contributed by atoms with van der Waals surface area (Å²) in [5.41, 5.74) is 2.64. The van der Waals surface area contributed by atoms with Gasteiger partial charge in [0.1, 0.15) is 5.82 Å². The average molecular weight is 321 g/mol. The highest BCUT2D eigenvalue weighted by Crippen LogP contribution is 2.08. The first-order valence-electron chi connectivity index (χ1n) is 7.51. The lowest BCUT2D eigenvalue weighted by atomic mass is 10.2. The van der Waals surface area contributed by atoms with E-state index in [9.17, 15) is 9.18 Å². The van der Waals surface area contributed by atoms with E-state index in [1.807, 2.05) is 36.5 Å².